The Morgan fingerprint density at radius 1 is 0.413 bits per heavy atom. The molecule has 0 saturated heterocycles. The fraction of sp³-hybridized carbons (Fsp3) is 0. The quantitative estimate of drug-likeness (QED) is 0.199. The minimum atomic E-state index is 0.523. The van der Waals surface area contributed by atoms with Gasteiger partial charge < -0.3 is 16.0 Å². The van der Waals surface area contributed by atoms with Crippen LogP contribution >= 0.6 is 0 Å². The first-order valence-electron chi connectivity index (χ1n) is 15.1. The molecule has 218 valence electrons. The van der Waals surface area contributed by atoms with Crippen molar-refractivity contribution in [2.75, 3.05) is 11.5 Å². The van der Waals surface area contributed by atoms with Gasteiger partial charge in [0.15, 0.2) is 11.6 Å². The first-order chi connectivity index (χ1) is 22.6. The van der Waals surface area contributed by atoms with E-state index in [0.717, 1.165) is 60.4 Å². The summed E-state index contributed by atoms with van der Waals surface area (Å²) in [5.41, 5.74) is 21.0. The van der Waals surface area contributed by atoms with Gasteiger partial charge in [-0.1, -0.05) is 91.0 Å². The molecule has 0 bridgehead atoms. The topological polar surface area (TPSA) is 101 Å². The Balaban J connectivity index is 1.49. The number of nitrogen functional groups attached to an aromatic ring is 2. The van der Waals surface area contributed by atoms with E-state index < -0.39 is 0 Å². The van der Waals surface area contributed by atoms with Crippen LogP contribution < -0.4 is 11.5 Å². The highest BCUT2D eigenvalue weighted by Gasteiger charge is 2.23. The van der Waals surface area contributed by atoms with E-state index in [-0.39, 0.29) is 0 Å². The summed E-state index contributed by atoms with van der Waals surface area (Å²) in [5, 5.41) is 4.22. The number of fused-ring (bicyclic) bond motifs is 7. The largest absolute Gasteiger partial charge is 0.399 e. The minimum Gasteiger partial charge on any atom is -0.399 e. The van der Waals surface area contributed by atoms with E-state index in [1.54, 1.807) is 0 Å². The number of anilines is 2. The normalized spacial score (nSPS) is 11.7. The summed E-state index contributed by atoms with van der Waals surface area (Å²) in [7, 11) is 0. The summed E-state index contributed by atoms with van der Waals surface area (Å²) in [6, 6.07) is 47.0. The first kappa shape index (κ1) is 26.0. The Hall–Kier alpha value is -6.47. The van der Waals surface area contributed by atoms with Crippen LogP contribution in [0.3, 0.4) is 0 Å². The second kappa shape index (κ2) is 10.0. The summed E-state index contributed by atoms with van der Waals surface area (Å²) < 4.78 is 4.47. The van der Waals surface area contributed by atoms with E-state index in [9.17, 15) is 0 Å². The van der Waals surface area contributed by atoms with E-state index >= 15 is 0 Å². The van der Waals surface area contributed by atoms with E-state index in [1.165, 1.54) is 0 Å². The lowest BCUT2D eigenvalue weighted by molar-refractivity contribution is 0.953. The van der Waals surface area contributed by atoms with Crippen LogP contribution in [0.5, 0.6) is 0 Å². The van der Waals surface area contributed by atoms with Gasteiger partial charge in [0.2, 0.25) is 5.95 Å². The van der Waals surface area contributed by atoms with Gasteiger partial charge in [-0.2, -0.15) is 9.97 Å². The summed E-state index contributed by atoms with van der Waals surface area (Å²) >= 11 is 0. The Kier molecular flexibility index (Phi) is 5.67. The summed E-state index contributed by atoms with van der Waals surface area (Å²) in [4.78, 5) is 15.3. The standard InChI is InChI=1S/C39H27N7/c40-26-16-20-33-31(22-26)29-18-19-30-32-23-27(41)17-21-34(32)46(36(30)35(29)45(33)28-14-8-3-9-15-28)39-43-37(24-10-4-1-5-11-24)42-38(44-39)25-12-6-2-7-13-25/h1-23H,40-41H2. The van der Waals surface area contributed by atoms with Crippen LogP contribution in [0.2, 0.25) is 0 Å². The molecule has 0 radical (unpaired) electrons. The third-order valence-corrected chi connectivity index (χ3v) is 8.60. The fourth-order valence-corrected chi connectivity index (χ4v) is 6.59. The lowest BCUT2D eigenvalue weighted by Gasteiger charge is -2.13. The van der Waals surface area contributed by atoms with Crippen LogP contribution in [-0.4, -0.2) is 24.1 Å². The van der Waals surface area contributed by atoms with Crippen molar-refractivity contribution in [1.82, 2.24) is 24.1 Å². The molecule has 7 heteroatoms. The molecule has 9 aromatic rings. The highest BCUT2D eigenvalue weighted by Crippen LogP contribution is 2.42. The maximum atomic E-state index is 6.41. The van der Waals surface area contributed by atoms with Gasteiger partial charge >= 0.3 is 0 Å². The highest BCUT2D eigenvalue weighted by molar-refractivity contribution is 6.24. The van der Waals surface area contributed by atoms with Gasteiger partial charge in [-0.15, -0.1) is 0 Å². The highest BCUT2D eigenvalue weighted by atomic mass is 15.2. The molecule has 0 aliphatic carbocycles. The number of para-hydroxylation sites is 1. The monoisotopic (exact) mass is 593 g/mol. The third kappa shape index (κ3) is 3.95. The van der Waals surface area contributed by atoms with Crippen LogP contribution in [0, 0.1) is 0 Å². The second-order valence-electron chi connectivity index (χ2n) is 11.4. The van der Waals surface area contributed by atoms with Gasteiger partial charge in [0.1, 0.15) is 0 Å². The zero-order chi connectivity index (χ0) is 30.8. The minimum absolute atomic E-state index is 0.523. The Morgan fingerprint density at radius 3 is 1.39 bits per heavy atom. The predicted molar refractivity (Wildman–Crippen MR) is 188 cm³/mol. The third-order valence-electron chi connectivity index (χ3n) is 8.60. The van der Waals surface area contributed by atoms with Gasteiger partial charge in [-0.25, -0.2) is 4.98 Å². The molecule has 0 fully saturated rings. The number of nitrogens with two attached hydrogens (primary N) is 2. The van der Waals surface area contributed by atoms with E-state index in [4.69, 9.17) is 26.4 Å². The van der Waals surface area contributed by atoms with Crippen molar-refractivity contribution < 1.29 is 0 Å². The van der Waals surface area contributed by atoms with Crippen LogP contribution in [0.4, 0.5) is 11.4 Å². The lowest BCUT2D eigenvalue weighted by atomic mass is 10.1. The van der Waals surface area contributed by atoms with E-state index in [2.05, 4.69) is 63.7 Å². The summed E-state index contributed by atoms with van der Waals surface area (Å²) in [6.45, 7) is 0. The second-order valence-corrected chi connectivity index (χ2v) is 11.4. The Morgan fingerprint density at radius 2 is 0.870 bits per heavy atom. The number of hydrogen-bond donors (Lipinski definition) is 2. The van der Waals surface area contributed by atoms with Crippen molar-refractivity contribution in [1.29, 1.82) is 0 Å². The summed E-state index contributed by atoms with van der Waals surface area (Å²) in [5.74, 6) is 1.71. The zero-order valence-corrected chi connectivity index (χ0v) is 24.7. The average Bonchev–Trinajstić information content (AvgIpc) is 3.61. The molecule has 0 atom stereocenters. The van der Waals surface area contributed by atoms with Crippen LogP contribution in [0.25, 0.3) is 78.0 Å². The van der Waals surface area contributed by atoms with Gasteiger partial charge in [0.05, 0.1) is 22.1 Å². The van der Waals surface area contributed by atoms with Gasteiger partial charge in [-0.3, -0.25) is 4.57 Å². The molecule has 3 heterocycles. The molecule has 0 aliphatic rings. The molecule has 0 amide bonds. The SMILES string of the molecule is Nc1ccc2c(c1)c1ccc3c4cc(N)ccc4n(-c4nc(-c5ccccc5)nc(-c5ccccc5)n4)c3c1n2-c1ccccc1. The molecule has 7 nitrogen and oxygen atoms in total. The summed E-state index contributed by atoms with van der Waals surface area (Å²) in [6.07, 6.45) is 0. The van der Waals surface area contributed by atoms with Crippen molar-refractivity contribution in [3.05, 3.63) is 140 Å². The fourth-order valence-electron chi connectivity index (χ4n) is 6.59. The Labute approximate surface area is 264 Å². The smallest absolute Gasteiger partial charge is 0.238 e. The van der Waals surface area contributed by atoms with Gasteiger partial charge in [-0.05, 0) is 48.5 Å². The molecule has 3 aromatic heterocycles. The Bertz CT molecular complexity index is 2530. The van der Waals surface area contributed by atoms with Crippen molar-refractivity contribution in [2.24, 2.45) is 0 Å². The van der Waals surface area contributed by atoms with Crippen molar-refractivity contribution >= 4 is 55.0 Å². The number of hydrogen-bond acceptors (Lipinski definition) is 5. The number of rotatable bonds is 4. The van der Waals surface area contributed by atoms with Crippen LogP contribution in [0.1, 0.15) is 0 Å². The number of benzene rings is 6. The average molecular weight is 594 g/mol. The predicted octanol–water partition coefficient (Wildman–Crippen LogP) is 8.56. The molecular weight excluding hydrogens is 566 g/mol. The molecule has 9 rings (SSSR count). The molecule has 46 heavy (non-hydrogen) atoms. The number of aromatic nitrogens is 5. The molecule has 0 aliphatic heterocycles. The van der Waals surface area contributed by atoms with Gasteiger partial charge in [0, 0.05) is 49.7 Å². The number of nitrogens with zero attached hydrogens (tertiary/aromatic N) is 5. The molecule has 0 saturated carbocycles. The maximum absolute atomic E-state index is 6.41. The molecule has 6 aromatic carbocycles. The maximum Gasteiger partial charge on any atom is 0.238 e. The van der Waals surface area contributed by atoms with Crippen LogP contribution in [0.15, 0.2) is 140 Å². The zero-order valence-electron chi connectivity index (χ0n) is 24.7. The first-order valence-corrected chi connectivity index (χ1v) is 15.1. The van der Waals surface area contributed by atoms with Crippen molar-refractivity contribution in [2.45, 2.75) is 0 Å². The molecule has 4 N–H and O–H groups in total. The van der Waals surface area contributed by atoms with Crippen molar-refractivity contribution in [3.63, 3.8) is 0 Å². The van der Waals surface area contributed by atoms with E-state index in [1.807, 2.05) is 84.9 Å². The van der Waals surface area contributed by atoms with Gasteiger partial charge in [0.25, 0.3) is 0 Å². The molecule has 0 spiro atoms. The molecular formula is C39H27N7. The van der Waals surface area contributed by atoms with Crippen molar-refractivity contribution in [3.8, 4) is 34.4 Å². The lowest BCUT2D eigenvalue weighted by Crippen LogP contribution is -2.07. The van der Waals surface area contributed by atoms with Crippen LogP contribution in [-0.2, 0) is 0 Å². The van der Waals surface area contributed by atoms with E-state index in [0.29, 0.717) is 29.0 Å². The molecule has 0 unspecified atom stereocenters.